The Hall–Kier alpha value is -3.70. The first-order valence-electron chi connectivity index (χ1n) is 12.4. The van der Waals surface area contributed by atoms with Gasteiger partial charge in [0, 0.05) is 17.8 Å². The van der Waals surface area contributed by atoms with Gasteiger partial charge in [0.2, 0.25) is 0 Å². The molecule has 1 saturated carbocycles. The fraction of sp³-hybridized carbons (Fsp3) is 0.385. The van der Waals surface area contributed by atoms with Crippen molar-refractivity contribution < 1.29 is 33.4 Å². The largest absolute Gasteiger partial charge is 0.465 e. The van der Waals surface area contributed by atoms with Gasteiger partial charge in [-0.05, 0) is 68.1 Å². The molecule has 3 aliphatic rings. The monoisotopic (exact) mass is 544 g/mol. The molecule has 2 atom stereocenters. The number of nitrogens with zero attached hydrogens (tertiary/aromatic N) is 1. The Morgan fingerprint density at radius 1 is 1.21 bits per heavy atom. The fourth-order valence-electron chi connectivity index (χ4n) is 5.04. The highest BCUT2D eigenvalue weighted by Gasteiger charge is 2.51. The van der Waals surface area contributed by atoms with E-state index >= 15 is 4.39 Å². The SMILES string of the molecule is O=C(O)Nc1ccc(C(=O)N[C@@H](CC2CC2)C(=O)N2C(=O)O[C@]3(CCCNC3)c3c2ccc(Cl)c3F)cc1. The zero-order chi connectivity index (χ0) is 27.0. The van der Waals surface area contributed by atoms with Crippen molar-refractivity contribution in [3.8, 4) is 0 Å². The average molecular weight is 545 g/mol. The maximum Gasteiger partial charge on any atom is 0.422 e. The summed E-state index contributed by atoms with van der Waals surface area (Å²) in [5.74, 6) is -1.87. The van der Waals surface area contributed by atoms with Crippen LogP contribution in [0.2, 0.25) is 5.02 Å². The van der Waals surface area contributed by atoms with Gasteiger partial charge in [-0.25, -0.2) is 18.9 Å². The second kappa shape index (κ2) is 10.2. The van der Waals surface area contributed by atoms with Crippen molar-refractivity contribution in [1.29, 1.82) is 0 Å². The van der Waals surface area contributed by atoms with Crippen LogP contribution < -0.4 is 20.9 Å². The van der Waals surface area contributed by atoms with E-state index in [1.165, 1.54) is 36.4 Å². The van der Waals surface area contributed by atoms with E-state index in [9.17, 15) is 19.2 Å². The van der Waals surface area contributed by atoms with Crippen LogP contribution in [0.3, 0.4) is 0 Å². The van der Waals surface area contributed by atoms with Crippen molar-refractivity contribution >= 4 is 47.0 Å². The lowest BCUT2D eigenvalue weighted by Gasteiger charge is -2.44. The first-order chi connectivity index (χ1) is 18.2. The van der Waals surface area contributed by atoms with Gasteiger partial charge in [0.05, 0.1) is 16.3 Å². The summed E-state index contributed by atoms with van der Waals surface area (Å²) in [6, 6.07) is 7.32. The Balaban J connectivity index is 1.44. The van der Waals surface area contributed by atoms with E-state index in [4.69, 9.17) is 21.4 Å². The Kier molecular flexibility index (Phi) is 6.97. The number of carbonyl (C=O) groups excluding carboxylic acids is 3. The number of amides is 4. The number of halogens is 2. The number of fused-ring (bicyclic) bond motifs is 2. The number of benzene rings is 2. The van der Waals surface area contributed by atoms with E-state index in [0.717, 1.165) is 17.7 Å². The number of ether oxygens (including phenoxy) is 1. The Morgan fingerprint density at radius 3 is 2.58 bits per heavy atom. The van der Waals surface area contributed by atoms with Crippen molar-refractivity contribution in [1.82, 2.24) is 10.6 Å². The van der Waals surface area contributed by atoms with E-state index in [0.29, 0.717) is 25.8 Å². The van der Waals surface area contributed by atoms with Crippen LogP contribution in [0.25, 0.3) is 0 Å². The number of imide groups is 1. The molecule has 200 valence electrons. The Morgan fingerprint density at radius 2 is 1.95 bits per heavy atom. The number of rotatable bonds is 6. The van der Waals surface area contributed by atoms with E-state index in [-0.39, 0.29) is 40.0 Å². The maximum atomic E-state index is 15.4. The zero-order valence-electron chi connectivity index (χ0n) is 20.3. The van der Waals surface area contributed by atoms with Gasteiger partial charge in [0.15, 0.2) is 11.4 Å². The van der Waals surface area contributed by atoms with Crippen LogP contribution in [0.1, 0.15) is 48.0 Å². The van der Waals surface area contributed by atoms with E-state index in [1.807, 2.05) is 0 Å². The molecular formula is C26H26ClFN4O6. The number of piperidine rings is 1. The van der Waals surface area contributed by atoms with Crippen LogP contribution in [0.15, 0.2) is 36.4 Å². The number of hydrogen-bond acceptors (Lipinski definition) is 6. The molecule has 2 heterocycles. The van der Waals surface area contributed by atoms with Crippen LogP contribution >= 0.6 is 11.6 Å². The lowest BCUT2D eigenvalue weighted by Crippen LogP contribution is -2.58. The summed E-state index contributed by atoms with van der Waals surface area (Å²) >= 11 is 6.09. The molecule has 4 amide bonds. The summed E-state index contributed by atoms with van der Waals surface area (Å²) in [7, 11) is 0. The minimum Gasteiger partial charge on any atom is -0.465 e. The molecule has 2 aliphatic heterocycles. The van der Waals surface area contributed by atoms with Gasteiger partial charge in [0.1, 0.15) is 6.04 Å². The normalized spacial score (nSPS) is 21.3. The zero-order valence-corrected chi connectivity index (χ0v) is 21.0. The van der Waals surface area contributed by atoms with Gasteiger partial charge in [-0.3, -0.25) is 14.9 Å². The topological polar surface area (TPSA) is 137 Å². The van der Waals surface area contributed by atoms with Gasteiger partial charge >= 0.3 is 12.2 Å². The van der Waals surface area contributed by atoms with Crippen LogP contribution in [0, 0.1) is 11.7 Å². The molecule has 0 radical (unpaired) electrons. The number of carboxylic acid groups (broad SMARTS) is 1. The third kappa shape index (κ3) is 5.03. The lowest BCUT2D eigenvalue weighted by molar-refractivity contribution is -0.121. The first kappa shape index (κ1) is 25.9. The summed E-state index contributed by atoms with van der Waals surface area (Å²) in [5, 5.41) is 16.7. The summed E-state index contributed by atoms with van der Waals surface area (Å²) in [6.07, 6.45) is 0.887. The van der Waals surface area contributed by atoms with Crippen LogP contribution in [0.5, 0.6) is 0 Å². The molecule has 2 aromatic carbocycles. The fourth-order valence-corrected chi connectivity index (χ4v) is 5.20. The third-order valence-electron chi connectivity index (χ3n) is 7.07. The molecule has 10 nitrogen and oxygen atoms in total. The highest BCUT2D eigenvalue weighted by Crippen LogP contribution is 2.46. The second-order valence-corrected chi connectivity index (χ2v) is 10.2. The molecule has 2 aromatic rings. The minimum atomic E-state index is -1.29. The van der Waals surface area contributed by atoms with Crippen molar-refractivity contribution in [2.24, 2.45) is 5.92 Å². The van der Waals surface area contributed by atoms with Crippen molar-refractivity contribution in [3.05, 3.63) is 58.4 Å². The van der Waals surface area contributed by atoms with Gasteiger partial charge in [0.25, 0.3) is 11.8 Å². The molecule has 1 spiro atoms. The van der Waals surface area contributed by atoms with Crippen LogP contribution in [-0.2, 0) is 15.1 Å². The van der Waals surface area contributed by atoms with Crippen LogP contribution in [-0.4, -0.2) is 48.2 Å². The molecule has 0 unspecified atom stereocenters. The Labute approximate surface area is 222 Å². The predicted molar refractivity (Wildman–Crippen MR) is 136 cm³/mol. The number of anilines is 2. The van der Waals surface area contributed by atoms with Crippen LogP contribution in [0.4, 0.5) is 25.4 Å². The van der Waals surface area contributed by atoms with Gasteiger partial charge in [-0.15, -0.1) is 0 Å². The summed E-state index contributed by atoms with van der Waals surface area (Å²) in [6.45, 7) is 0.863. The van der Waals surface area contributed by atoms with Crippen molar-refractivity contribution in [3.63, 3.8) is 0 Å². The average Bonchev–Trinajstić information content (AvgIpc) is 3.70. The number of nitrogens with one attached hydrogen (secondary N) is 3. The standard InChI is InChI=1S/C26H26ClFN4O6/c27-17-8-9-19-20(21(17)28)26(10-1-11-29-13-26)38-25(37)32(19)23(34)18(12-14-2-3-14)31-22(33)15-4-6-16(7-5-15)30-24(35)36/h4-9,14,18,29-30H,1-3,10-13H2,(H,31,33)(H,35,36)/t18-,26-/m0/s1. The molecule has 1 aliphatic carbocycles. The van der Waals surface area contributed by atoms with Gasteiger partial charge < -0.3 is 20.5 Å². The highest BCUT2D eigenvalue weighted by atomic mass is 35.5. The predicted octanol–water partition coefficient (Wildman–Crippen LogP) is 4.23. The second-order valence-electron chi connectivity index (χ2n) is 9.78. The minimum absolute atomic E-state index is 0.0446. The molecule has 4 N–H and O–H groups in total. The molecule has 38 heavy (non-hydrogen) atoms. The smallest absolute Gasteiger partial charge is 0.422 e. The molecule has 0 aromatic heterocycles. The molecule has 1 saturated heterocycles. The highest BCUT2D eigenvalue weighted by molar-refractivity contribution is 6.31. The molecule has 12 heteroatoms. The lowest BCUT2D eigenvalue weighted by atomic mass is 9.83. The Bertz CT molecular complexity index is 1290. The summed E-state index contributed by atoms with van der Waals surface area (Å²) < 4.78 is 21.2. The summed E-state index contributed by atoms with van der Waals surface area (Å²) in [5.41, 5.74) is -0.725. The molecule has 0 bridgehead atoms. The van der Waals surface area contributed by atoms with E-state index in [1.54, 1.807) is 0 Å². The third-order valence-corrected chi connectivity index (χ3v) is 7.36. The number of hydrogen-bond donors (Lipinski definition) is 4. The molecule has 2 fully saturated rings. The van der Waals surface area contributed by atoms with E-state index < -0.39 is 41.5 Å². The molecular weight excluding hydrogens is 519 g/mol. The number of carbonyl (C=O) groups is 4. The van der Waals surface area contributed by atoms with Gasteiger partial charge in [-0.2, -0.15) is 0 Å². The first-order valence-corrected chi connectivity index (χ1v) is 12.7. The van der Waals surface area contributed by atoms with E-state index in [2.05, 4.69) is 16.0 Å². The summed E-state index contributed by atoms with van der Waals surface area (Å²) in [4.78, 5) is 51.7. The quantitative estimate of drug-likeness (QED) is 0.427. The maximum absolute atomic E-state index is 15.4. The van der Waals surface area contributed by atoms with Gasteiger partial charge in [-0.1, -0.05) is 24.4 Å². The van der Waals surface area contributed by atoms with Crippen molar-refractivity contribution in [2.75, 3.05) is 23.3 Å². The van der Waals surface area contributed by atoms with Crippen molar-refractivity contribution in [2.45, 2.75) is 43.7 Å². The molecule has 5 rings (SSSR count).